The van der Waals surface area contributed by atoms with E-state index in [1.165, 1.54) is 6.92 Å². The Bertz CT molecular complexity index is 925. The Hall–Kier alpha value is -3.55. The first kappa shape index (κ1) is 22.1. The van der Waals surface area contributed by atoms with Crippen LogP contribution in [0.25, 0.3) is 0 Å². The third-order valence-electron chi connectivity index (χ3n) is 4.80. The molecule has 8 heteroatoms. The summed E-state index contributed by atoms with van der Waals surface area (Å²) in [7, 11) is 1.55. The zero-order valence-electron chi connectivity index (χ0n) is 17.7. The SMILES string of the molecule is COc1ccccc1OCC(=O)N(CCC(=O)Nc1ccc(NC(C)=O)cc1)C1CC1. The molecule has 0 unspecified atom stereocenters. The number of anilines is 2. The number of rotatable bonds is 10. The minimum Gasteiger partial charge on any atom is -0.493 e. The molecule has 164 valence electrons. The lowest BCUT2D eigenvalue weighted by Gasteiger charge is -2.22. The highest BCUT2D eigenvalue weighted by Gasteiger charge is 2.32. The van der Waals surface area contributed by atoms with Crippen LogP contribution in [-0.4, -0.2) is 48.9 Å². The van der Waals surface area contributed by atoms with E-state index in [9.17, 15) is 14.4 Å². The van der Waals surface area contributed by atoms with Gasteiger partial charge in [-0.2, -0.15) is 0 Å². The number of hydrogen-bond acceptors (Lipinski definition) is 5. The maximum atomic E-state index is 12.7. The van der Waals surface area contributed by atoms with Gasteiger partial charge in [-0.1, -0.05) is 12.1 Å². The van der Waals surface area contributed by atoms with Crippen molar-refractivity contribution in [2.45, 2.75) is 32.2 Å². The second-order valence-corrected chi connectivity index (χ2v) is 7.31. The number of carbonyl (C=O) groups is 3. The molecule has 3 rings (SSSR count). The fourth-order valence-electron chi connectivity index (χ4n) is 3.14. The summed E-state index contributed by atoms with van der Waals surface area (Å²) in [5, 5.41) is 5.48. The smallest absolute Gasteiger partial charge is 0.260 e. The van der Waals surface area contributed by atoms with E-state index < -0.39 is 0 Å². The Morgan fingerprint density at radius 3 is 2.16 bits per heavy atom. The summed E-state index contributed by atoms with van der Waals surface area (Å²) in [6, 6.07) is 14.2. The van der Waals surface area contributed by atoms with Crippen LogP contribution in [0.3, 0.4) is 0 Å². The molecule has 0 radical (unpaired) electrons. The third kappa shape index (κ3) is 6.74. The monoisotopic (exact) mass is 425 g/mol. The molecule has 0 saturated heterocycles. The second kappa shape index (κ2) is 10.5. The van der Waals surface area contributed by atoms with E-state index in [0.29, 0.717) is 29.4 Å². The van der Waals surface area contributed by atoms with Crippen LogP contribution in [0, 0.1) is 0 Å². The molecule has 3 amide bonds. The van der Waals surface area contributed by atoms with Crippen molar-refractivity contribution in [2.24, 2.45) is 0 Å². The minimum absolute atomic E-state index is 0.108. The fraction of sp³-hybridized carbons (Fsp3) is 0.348. The number of carbonyl (C=O) groups excluding carboxylic acids is 3. The molecule has 1 aliphatic rings. The zero-order chi connectivity index (χ0) is 22.2. The van der Waals surface area contributed by atoms with E-state index in [1.807, 2.05) is 12.1 Å². The van der Waals surface area contributed by atoms with Crippen LogP contribution in [0.2, 0.25) is 0 Å². The molecule has 1 aliphatic carbocycles. The van der Waals surface area contributed by atoms with Crippen molar-refractivity contribution in [2.75, 3.05) is 30.9 Å². The Morgan fingerprint density at radius 1 is 0.968 bits per heavy atom. The fourth-order valence-corrected chi connectivity index (χ4v) is 3.14. The van der Waals surface area contributed by atoms with Gasteiger partial charge in [-0.25, -0.2) is 0 Å². The molecule has 0 aliphatic heterocycles. The number of para-hydroxylation sites is 2. The van der Waals surface area contributed by atoms with Crippen molar-refractivity contribution in [3.63, 3.8) is 0 Å². The van der Waals surface area contributed by atoms with E-state index in [-0.39, 0.29) is 36.8 Å². The lowest BCUT2D eigenvalue weighted by molar-refractivity contribution is -0.134. The Labute approximate surface area is 181 Å². The van der Waals surface area contributed by atoms with E-state index in [0.717, 1.165) is 12.8 Å². The van der Waals surface area contributed by atoms with Crippen LogP contribution in [0.1, 0.15) is 26.2 Å². The van der Waals surface area contributed by atoms with Gasteiger partial charge in [0.25, 0.3) is 5.91 Å². The zero-order valence-corrected chi connectivity index (χ0v) is 17.7. The molecular formula is C23H27N3O5. The predicted molar refractivity (Wildman–Crippen MR) is 117 cm³/mol. The first-order chi connectivity index (χ1) is 15.0. The molecule has 2 aromatic rings. The maximum absolute atomic E-state index is 12.7. The molecule has 0 spiro atoms. The van der Waals surface area contributed by atoms with Gasteiger partial charge in [0.15, 0.2) is 18.1 Å². The average molecular weight is 425 g/mol. The van der Waals surface area contributed by atoms with Crippen LogP contribution in [-0.2, 0) is 14.4 Å². The van der Waals surface area contributed by atoms with E-state index in [4.69, 9.17) is 9.47 Å². The standard InChI is InChI=1S/C23H27N3O5/c1-16(27)24-17-7-9-18(10-8-17)25-22(28)13-14-26(19-11-12-19)23(29)15-31-21-6-4-3-5-20(21)30-2/h3-10,19H,11-15H2,1-2H3,(H,24,27)(H,25,28). The lowest BCUT2D eigenvalue weighted by Crippen LogP contribution is -2.38. The minimum atomic E-state index is -0.184. The van der Waals surface area contributed by atoms with E-state index in [2.05, 4.69) is 10.6 Å². The molecule has 8 nitrogen and oxygen atoms in total. The van der Waals surface area contributed by atoms with Crippen molar-refractivity contribution in [3.8, 4) is 11.5 Å². The van der Waals surface area contributed by atoms with Gasteiger partial charge in [0, 0.05) is 37.3 Å². The molecule has 1 saturated carbocycles. The summed E-state index contributed by atoms with van der Waals surface area (Å²) in [6.45, 7) is 1.65. The summed E-state index contributed by atoms with van der Waals surface area (Å²) < 4.78 is 10.9. The van der Waals surface area contributed by atoms with Crippen LogP contribution in [0.4, 0.5) is 11.4 Å². The molecule has 1 fully saturated rings. The summed E-state index contributed by atoms with van der Waals surface area (Å²) in [5.41, 5.74) is 1.29. The lowest BCUT2D eigenvalue weighted by atomic mass is 10.2. The van der Waals surface area contributed by atoms with Gasteiger partial charge in [-0.15, -0.1) is 0 Å². The van der Waals surface area contributed by atoms with Crippen molar-refractivity contribution >= 4 is 29.1 Å². The molecule has 2 aromatic carbocycles. The van der Waals surface area contributed by atoms with Crippen molar-refractivity contribution < 1.29 is 23.9 Å². The normalized spacial score (nSPS) is 12.6. The summed E-state index contributed by atoms with van der Waals surface area (Å²) in [5.74, 6) is 0.584. The van der Waals surface area contributed by atoms with E-state index in [1.54, 1.807) is 48.4 Å². The van der Waals surface area contributed by atoms with Crippen molar-refractivity contribution in [1.29, 1.82) is 0 Å². The van der Waals surface area contributed by atoms with Crippen LogP contribution >= 0.6 is 0 Å². The number of nitrogens with zero attached hydrogens (tertiary/aromatic N) is 1. The van der Waals surface area contributed by atoms with Gasteiger partial charge in [0.2, 0.25) is 11.8 Å². The van der Waals surface area contributed by atoms with Gasteiger partial charge in [-0.05, 0) is 49.2 Å². The third-order valence-corrected chi connectivity index (χ3v) is 4.80. The summed E-state index contributed by atoms with van der Waals surface area (Å²) in [4.78, 5) is 37.8. The first-order valence-corrected chi connectivity index (χ1v) is 10.2. The van der Waals surface area contributed by atoms with Crippen LogP contribution in [0.15, 0.2) is 48.5 Å². The van der Waals surface area contributed by atoms with Gasteiger partial charge in [0.1, 0.15) is 0 Å². The van der Waals surface area contributed by atoms with Gasteiger partial charge in [0.05, 0.1) is 7.11 Å². The Balaban J connectivity index is 1.49. The number of nitrogens with one attached hydrogen (secondary N) is 2. The van der Waals surface area contributed by atoms with Crippen LogP contribution in [0.5, 0.6) is 11.5 Å². The Kier molecular flexibility index (Phi) is 7.48. The summed E-state index contributed by atoms with van der Waals surface area (Å²) >= 11 is 0. The maximum Gasteiger partial charge on any atom is 0.260 e. The number of hydrogen-bond donors (Lipinski definition) is 2. The number of ether oxygens (including phenoxy) is 2. The number of benzene rings is 2. The molecule has 0 heterocycles. The topological polar surface area (TPSA) is 97.0 Å². The highest BCUT2D eigenvalue weighted by Crippen LogP contribution is 2.29. The van der Waals surface area contributed by atoms with E-state index >= 15 is 0 Å². The van der Waals surface area contributed by atoms with Crippen molar-refractivity contribution in [3.05, 3.63) is 48.5 Å². The van der Waals surface area contributed by atoms with Gasteiger partial charge in [-0.3, -0.25) is 14.4 Å². The average Bonchev–Trinajstić information content (AvgIpc) is 3.59. The molecule has 0 bridgehead atoms. The van der Waals surface area contributed by atoms with Crippen molar-refractivity contribution in [1.82, 2.24) is 4.90 Å². The highest BCUT2D eigenvalue weighted by atomic mass is 16.5. The quantitative estimate of drug-likeness (QED) is 0.610. The van der Waals surface area contributed by atoms with Gasteiger partial charge >= 0.3 is 0 Å². The highest BCUT2D eigenvalue weighted by molar-refractivity contribution is 5.92. The largest absolute Gasteiger partial charge is 0.493 e. The number of methoxy groups -OCH3 is 1. The summed E-state index contributed by atoms with van der Waals surface area (Å²) in [6.07, 6.45) is 2.06. The van der Waals surface area contributed by atoms with Crippen LogP contribution < -0.4 is 20.1 Å². The molecule has 2 N–H and O–H groups in total. The Morgan fingerprint density at radius 2 is 1.58 bits per heavy atom. The number of amides is 3. The molecule has 0 aromatic heterocycles. The molecule has 0 atom stereocenters. The second-order valence-electron chi connectivity index (χ2n) is 7.31. The predicted octanol–water partition coefficient (Wildman–Crippen LogP) is 3.05. The van der Waals surface area contributed by atoms with Gasteiger partial charge < -0.3 is 25.0 Å². The first-order valence-electron chi connectivity index (χ1n) is 10.2. The molecule has 31 heavy (non-hydrogen) atoms. The molecular weight excluding hydrogens is 398 g/mol.